The highest BCUT2D eigenvalue weighted by molar-refractivity contribution is 9.10. The van der Waals surface area contributed by atoms with Gasteiger partial charge in [-0.3, -0.25) is 9.89 Å². The lowest BCUT2D eigenvalue weighted by atomic mass is 10.3. The van der Waals surface area contributed by atoms with Crippen molar-refractivity contribution in [2.24, 2.45) is 0 Å². The SMILES string of the molecule is Cc1cc(NC(=O)CCOc2ccc(Br)cc2)n[nH]1. The Morgan fingerprint density at radius 2 is 2.16 bits per heavy atom. The van der Waals surface area contributed by atoms with Gasteiger partial charge < -0.3 is 10.1 Å². The lowest BCUT2D eigenvalue weighted by molar-refractivity contribution is -0.116. The van der Waals surface area contributed by atoms with Crippen LogP contribution in [0.1, 0.15) is 12.1 Å². The Hall–Kier alpha value is -1.82. The van der Waals surface area contributed by atoms with Crippen LogP contribution in [0.4, 0.5) is 5.82 Å². The lowest BCUT2D eigenvalue weighted by Gasteiger charge is -2.05. The number of H-pyrrole nitrogens is 1. The predicted molar refractivity (Wildman–Crippen MR) is 76.2 cm³/mol. The van der Waals surface area contributed by atoms with E-state index in [1.807, 2.05) is 31.2 Å². The first-order valence-corrected chi connectivity index (χ1v) is 6.63. The third-order valence-electron chi connectivity index (χ3n) is 2.38. The van der Waals surface area contributed by atoms with E-state index < -0.39 is 0 Å². The van der Waals surface area contributed by atoms with Crippen LogP contribution in [0.5, 0.6) is 5.75 Å². The van der Waals surface area contributed by atoms with E-state index in [0.29, 0.717) is 12.4 Å². The van der Waals surface area contributed by atoms with Crippen LogP contribution in [-0.2, 0) is 4.79 Å². The summed E-state index contributed by atoms with van der Waals surface area (Å²) in [7, 11) is 0. The third-order valence-corrected chi connectivity index (χ3v) is 2.91. The van der Waals surface area contributed by atoms with Gasteiger partial charge in [-0.1, -0.05) is 15.9 Å². The topological polar surface area (TPSA) is 67.0 Å². The van der Waals surface area contributed by atoms with Crippen molar-refractivity contribution in [1.82, 2.24) is 10.2 Å². The van der Waals surface area contributed by atoms with Gasteiger partial charge in [-0.2, -0.15) is 5.10 Å². The van der Waals surface area contributed by atoms with Gasteiger partial charge in [-0.05, 0) is 31.2 Å². The highest BCUT2D eigenvalue weighted by atomic mass is 79.9. The molecule has 1 aromatic carbocycles. The number of carbonyl (C=O) groups excluding carboxylic acids is 1. The maximum absolute atomic E-state index is 11.6. The van der Waals surface area contributed by atoms with E-state index in [2.05, 4.69) is 31.4 Å². The summed E-state index contributed by atoms with van der Waals surface area (Å²) in [4.78, 5) is 11.6. The fraction of sp³-hybridized carbons (Fsp3) is 0.231. The second-order valence-electron chi connectivity index (χ2n) is 4.04. The number of hydrogen-bond donors (Lipinski definition) is 2. The molecule has 0 bridgehead atoms. The first kappa shape index (κ1) is 13.6. The molecule has 0 saturated carbocycles. The van der Waals surface area contributed by atoms with Crippen LogP contribution in [0.3, 0.4) is 0 Å². The Morgan fingerprint density at radius 3 is 2.79 bits per heavy atom. The highest BCUT2D eigenvalue weighted by Crippen LogP contribution is 2.16. The van der Waals surface area contributed by atoms with Gasteiger partial charge in [0.15, 0.2) is 5.82 Å². The molecule has 0 aliphatic heterocycles. The number of nitrogens with zero attached hydrogens (tertiary/aromatic N) is 1. The molecule has 5 nitrogen and oxygen atoms in total. The molecule has 0 unspecified atom stereocenters. The van der Waals surface area contributed by atoms with Gasteiger partial charge in [0.2, 0.25) is 5.91 Å². The number of aromatic nitrogens is 2. The number of anilines is 1. The van der Waals surface area contributed by atoms with Gasteiger partial charge in [-0.15, -0.1) is 0 Å². The Balaban J connectivity index is 1.73. The van der Waals surface area contributed by atoms with E-state index in [0.717, 1.165) is 15.9 Å². The number of halogens is 1. The number of aryl methyl sites for hydroxylation is 1. The summed E-state index contributed by atoms with van der Waals surface area (Å²) in [5, 5.41) is 9.38. The molecule has 0 saturated heterocycles. The zero-order valence-corrected chi connectivity index (χ0v) is 12.0. The van der Waals surface area contributed by atoms with Crippen LogP contribution in [0, 0.1) is 6.92 Å². The van der Waals surface area contributed by atoms with Gasteiger partial charge in [0.1, 0.15) is 5.75 Å². The molecule has 1 amide bonds. The number of ether oxygens (including phenoxy) is 1. The number of amides is 1. The fourth-order valence-corrected chi connectivity index (χ4v) is 1.74. The Bertz CT molecular complexity index is 551. The Kier molecular flexibility index (Phi) is 4.57. The minimum absolute atomic E-state index is 0.122. The molecule has 0 spiro atoms. The molecule has 2 N–H and O–H groups in total. The van der Waals surface area contributed by atoms with E-state index >= 15 is 0 Å². The molecule has 19 heavy (non-hydrogen) atoms. The van der Waals surface area contributed by atoms with Crippen molar-refractivity contribution in [1.29, 1.82) is 0 Å². The molecule has 0 radical (unpaired) electrons. The normalized spacial score (nSPS) is 10.2. The number of aromatic amines is 1. The van der Waals surface area contributed by atoms with Crippen LogP contribution in [0.2, 0.25) is 0 Å². The molecular weight excluding hydrogens is 310 g/mol. The monoisotopic (exact) mass is 323 g/mol. The van der Waals surface area contributed by atoms with Gasteiger partial charge >= 0.3 is 0 Å². The van der Waals surface area contributed by atoms with Crippen molar-refractivity contribution in [3.05, 3.63) is 40.5 Å². The molecule has 100 valence electrons. The molecule has 2 rings (SSSR count). The molecule has 1 aromatic heterocycles. The van der Waals surface area contributed by atoms with E-state index in [1.165, 1.54) is 0 Å². The average Bonchev–Trinajstić information content (AvgIpc) is 2.77. The standard InChI is InChI=1S/C13H14BrN3O2/c1-9-8-12(17-16-9)15-13(18)6-7-19-11-4-2-10(14)3-5-11/h2-5,8H,6-7H2,1H3,(H2,15,16,17,18). The van der Waals surface area contributed by atoms with E-state index in [-0.39, 0.29) is 12.3 Å². The third kappa shape index (κ3) is 4.40. The van der Waals surface area contributed by atoms with Crippen molar-refractivity contribution < 1.29 is 9.53 Å². The summed E-state index contributed by atoms with van der Waals surface area (Å²) >= 11 is 3.35. The molecule has 1 heterocycles. The van der Waals surface area contributed by atoms with Crippen LogP contribution < -0.4 is 10.1 Å². The highest BCUT2D eigenvalue weighted by Gasteiger charge is 2.05. The maximum Gasteiger partial charge on any atom is 0.229 e. The van der Waals surface area contributed by atoms with Crippen molar-refractivity contribution >= 4 is 27.7 Å². The molecule has 0 atom stereocenters. The van der Waals surface area contributed by atoms with Crippen molar-refractivity contribution in [3.63, 3.8) is 0 Å². The molecule has 0 fully saturated rings. The molecule has 6 heteroatoms. The Morgan fingerprint density at radius 1 is 1.42 bits per heavy atom. The molecule has 0 aliphatic carbocycles. The molecule has 2 aromatic rings. The first-order valence-electron chi connectivity index (χ1n) is 5.84. The number of nitrogens with one attached hydrogen (secondary N) is 2. The minimum Gasteiger partial charge on any atom is -0.493 e. The minimum atomic E-state index is -0.122. The van der Waals surface area contributed by atoms with Crippen molar-refractivity contribution in [3.8, 4) is 5.75 Å². The quantitative estimate of drug-likeness (QED) is 0.889. The predicted octanol–water partition coefficient (Wildman–Crippen LogP) is 2.89. The second kappa shape index (κ2) is 6.38. The van der Waals surface area contributed by atoms with Gasteiger partial charge in [0, 0.05) is 16.2 Å². The zero-order valence-electron chi connectivity index (χ0n) is 10.4. The van der Waals surface area contributed by atoms with Crippen LogP contribution in [-0.4, -0.2) is 22.7 Å². The summed E-state index contributed by atoms with van der Waals surface area (Å²) < 4.78 is 6.46. The van der Waals surface area contributed by atoms with Gasteiger partial charge in [0.05, 0.1) is 13.0 Å². The summed E-state index contributed by atoms with van der Waals surface area (Å²) in [6.45, 7) is 2.20. The summed E-state index contributed by atoms with van der Waals surface area (Å²) in [6.07, 6.45) is 0.280. The molecular formula is C13H14BrN3O2. The van der Waals surface area contributed by atoms with E-state index in [4.69, 9.17) is 4.74 Å². The van der Waals surface area contributed by atoms with Crippen LogP contribution in [0.25, 0.3) is 0 Å². The number of benzene rings is 1. The fourth-order valence-electron chi connectivity index (χ4n) is 1.48. The van der Waals surface area contributed by atoms with E-state index in [9.17, 15) is 4.79 Å². The van der Waals surface area contributed by atoms with Crippen molar-refractivity contribution in [2.75, 3.05) is 11.9 Å². The zero-order chi connectivity index (χ0) is 13.7. The lowest BCUT2D eigenvalue weighted by Crippen LogP contribution is -2.15. The largest absolute Gasteiger partial charge is 0.493 e. The number of carbonyl (C=O) groups is 1. The van der Waals surface area contributed by atoms with Crippen molar-refractivity contribution in [2.45, 2.75) is 13.3 Å². The van der Waals surface area contributed by atoms with Crippen LogP contribution in [0.15, 0.2) is 34.8 Å². The molecule has 0 aliphatic rings. The van der Waals surface area contributed by atoms with Gasteiger partial charge in [-0.25, -0.2) is 0 Å². The second-order valence-corrected chi connectivity index (χ2v) is 4.95. The van der Waals surface area contributed by atoms with Crippen LogP contribution >= 0.6 is 15.9 Å². The number of rotatable bonds is 5. The van der Waals surface area contributed by atoms with E-state index in [1.54, 1.807) is 6.07 Å². The summed E-state index contributed by atoms with van der Waals surface area (Å²) in [5.41, 5.74) is 0.904. The number of hydrogen-bond acceptors (Lipinski definition) is 3. The summed E-state index contributed by atoms with van der Waals surface area (Å²) in [5.74, 6) is 1.15. The maximum atomic E-state index is 11.6. The summed E-state index contributed by atoms with van der Waals surface area (Å²) in [6, 6.07) is 9.25. The van der Waals surface area contributed by atoms with Gasteiger partial charge in [0.25, 0.3) is 0 Å². The average molecular weight is 324 g/mol. The first-order chi connectivity index (χ1) is 9.13. The smallest absolute Gasteiger partial charge is 0.229 e. The Labute approximate surface area is 119 Å².